The van der Waals surface area contributed by atoms with E-state index >= 15 is 0 Å². The second-order valence-electron chi connectivity index (χ2n) is 3.03. The maximum atomic E-state index is 10.9. The van der Waals surface area contributed by atoms with Crippen LogP contribution in [0, 0.1) is 11.8 Å². The fourth-order valence-electron chi connectivity index (χ4n) is 1.21. The van der Waals surface area contributed by atoms with Gasteiger partial charge in [-0.1, -0.05) is 0 Å². The molecule has 0 fully saturated rings. The van der Waals surface area contributed by atoms with Crippen LogP contribution in [0.2, 0.25) is 0 Å². The van der Waals surface area contributed by atoms with E-state index in [-0.39, 0.29) is 0 Å². The van der Waals surface area contributed by atoms with Gasteiger partial charge in [-0.2, -0.15) is 0 Å². The number of rotatable bonds is 5. The number of ketones is 1. The fraction of sp³-hybridized carbons (Fsp3) is 0.625. The van der Waals surface area contributed by atoms with Crippen molar-refractivity contribution in [2.24, 2.45) is 11.8 Å². The first-order valence-electron chi connectivity index (χ1n) is 3.93. The predicted octanol–water partition coefficient (Wildman–Crippen LogP) is -0.642. The minimum atomic E-state index is -1.70. The summed E-state index contributed by atoms with van der Waals surface area (Å²) in [6.45, 7) is 2.12. The fourth-order valence-corrected chi connectivity index (χ4v) is 1.21. The normalized spacial score (nSPS) is 16.8. The van der Waals surface area contributed by atoms with E-state index in [1.807, 2.05) is 0 Å². The average molecular weight is 204 g/mol. The molecular weight excluding hydrogens is 192 g/mol. The van der Waals surface area contributed by atoms with Gasteiger partial charge < -0.3 is 15.3 Å². The van der Waals surface area contributed by atoms with Crippen molar-refractivity contribution in [1.82, 2.24) is 0 Å². The molecule has 0 saturated heterocycles. The zero-order valence-electron chi connectivity index (χ0n) is 7.80. The van der Waals surface area contributed by atoms with Crippen molar-refractivity contribution in [3.05, 3.63) is 0 Å². The predicted molar refractivity (Wildman–Crippen MR) is 44.6 cm³/mol. The Labute approximate surface area is 80.2 Å². The molecule has 6 nitrogen and oxygen atoms in total. The first kappa shape index (κ1) is 12.6. The van der Waals surface area contributed by atoms with E-state index < -0.39 is 35.7 Å². The number of carboxylic acid groups (broad SMARTS) is 2. The van der Waals surface area contributed by atoms with Crippen molar-refractivity contribution >= 4 is 17.7 Å². The minimum absolute atomic E-state index is 0.786. The second kappa shape index (κ2) is 4.71. The molecular formula is C8H12O6. The van der Waals surface area contributed by atoms with Crippen LogP contribution in [0.1, 0.15) is 13.8 Å². The molecule has 0 saturated carbocycles. The molecule has 0 aliphatic heterocycles. The lowest BCUT2D eigenvalue weighted by Crippen LogP contribution is -2.40. The van der Waals surface area contributed by atoms with Crippen LogP contribution >= 0.6 is 0 Å². The Bertz CT molecular complexity index is 243. The van der Waals surface area contributed by atoms with Crippen molar-refractivity contribution in [2.75, 3.05) is 0 Å². The van der Waals surface area contributed by atoms with Gasteiger partial charge in [0.05, 0.1) is 6.10 Å². The number of hydrogen-bond donors (Lipinski definition) is 3. The molecule has 0 aromatic carbocycles. The first-order chi connectivity index (χ1) is 6.29. The summed E-state index contributed by atoms with van der Waals surface area (Å²) in [5, 5.41) is 26.3. The van der Waals surface area contributed by atoms with Crippen LogP contribution in [-0.2, 0) is 14.4 Å². The summed E-state index contributed by atoms with van der Waals surface area (Å²) in [4.78, 5) is 32.1. The van der Waals surface area contributed by atoms with E-state index in [0.717, 1.165) is 13.8 Å². The Hall–Kier alpha value is -1.43. The molecule has 14 heavy (non-hydrogen) atoms. The summed E-state index contributed by atoms with van der Waals surface area (Å²) in [7, 11) is 0. The summed E-state index contributed by atoms with van der Waals surface area (Å²) in [6, 6.07) is 0. The zero-order valence-corrected chi connectivity index (χ0v) is 7.80. The molecule has 6 heteroatoms. The zero-order chi connectivity index (χ0) is 11.5. The topological polar surface area (TPSA) is 112 Å². The molecule has 80 valence electrons. The first-order valence-corrected chi connectivity index (χ1v) is 3.93. The standard InChI is InChI=1S/C8H12O6/c1-3(9)5(7(11)12)6(4(2)10)8(13)14/h3,5-6,9H,1-2H3,(H,11,12)(H,13,14). The van der Waals surface area contributed by atoms with Crippen molar-refractivity contribution in [2.45, 2.75) is 20.0 Å². The minimum Gasteiger partial charge on any atom is -0.481 e. The molecule has 0 aliphatic carbocycles. The van der Waals surface area contributed by atoms with Gasteiger partial charge in [0.15, 0.2) is 0 Å². The van der Waals surface area contributed by atoms with Gasteiger partial charge in [-0.05, 0) is 13.8 Å². The van der Waals surface area contributed by atoms with Crippen LogP contribution in [-0.4, -0.2) is 39.1 Å². The average Bonchev–Trinajstić information content (AvgIpc) is 1.96. The third kappa shape index (κ3) is 2.81. The molecule has 0 aliphatic rings. The van der Waals surface area contributed by atoms with Crippen LogP contribution in [0.4, 0.5) is 0 Å². The highest BCUT2D eigenvalue weighted by atomic mass is 16.4. The van der Waals surface area contributed by atoms with Gasteiger partial charge >= 0.3 is 11.9 Å². The summed E-state index contributed by atoms with van der Waals surface area (Å²) >= 11 is 0. The molecule has 3 atom stereocenters. The SMILES string of the molecule is CC(=O)C(C(=O)O)C(C(=O)O)C(C)O. The summed E-state index contributed by atoms with van der Waals surface area (Å²) < 4.78 is 0. The Morgan fingerprint density at radius 2 is 1.50 bits per heavy atom. The molecule has 0 spiro atoms. The van der Waals surface area contributed by atoms with Gasteiger partial charge in [-0.3, -0.25) is 14.4 Å². The van der Waals surface area contributed by atoms with Crippen molar-refractivity contribution in [3.8, 4) is 0 Å². The number of Topliss-reactive ketones (excluding diaryl/α,β-unsaturated/α-hetero) is 1. The van der Waals surface area contributed by atoms with Gasteiger partial charge in [-0.25, -0.2) is 0 Å². The van der Waals surface area contributed by atoms with Crippen molar-refractivity contribution in [3.63, 3.8) is 0 Å². The number of aliphatic carboxylic acids is 2. The lowest BCUT2D eigenvalue weighted by molar-refractivity contribution is -0.161. The van der Waals surface area contributed by atoms with Gasteiger partial charge in [0.2, 0.25) is 0 Å². The molecule has 0 aromatic heterocycles. The molecule has 0 rings (SSSR count). The number of aliphatic hydroxyl groups is 1. The maximum absolute atomic E-state index is 10.9. The number of hydrogen-bond acceptors (Lipinski definition) is 4. The third-order valence-electron chi connectivity index (χ3n) is 1.87. The molecule has 3 N–H and O–H groups in total. The molecule has 0 amide bonds. The third-order valence-corrected chi connectivity index (χ3v) is 1.87. The number of aliphatic hydroxyl groups excluding tert-OH is 1. The largest absolute Gasteiger partial charge is 0.481 e. The lowest BCUT2D eigenvalue weighted by atomic mass is 9.85. The number of carbonyl (C=O) groups is 3. The second-order valence-corrected chi connectivity index (χ2v) is 3.03. The summed E-state index contributed by atoms with van der Waals surface area (Å²) in [6.07, 6.45) is -1.39. The molecule has 3 unspecified atom stereocenters. The van der Waals surface area contributed by atoms with Gasteiger partial charge in [0.1, 0.15) is 17.6 Å². The van der Waals surface area contributed by atoms with Crippen LogP contribution in [0.25, 0.3) is 0 Å². The van der Waals surface area contributed by atoms with Gasteiger partial charge in [0, 0.05) is 0 Å². The summed E-state index contributed by atoms with van der Waals surface area (Å²) in [5.74, 6) is -7.13. The molecule has 0 bridgehead atoms. The van der Waals surface area contributed by atoms with Crippen molar-refractivity contribution < 1.29 is 29.7 Å². The van der Waals surface area contributed by atoms with E-state index in [0.29, 0.717) is 0 Å². The number of carbonyl (C=O) groups excluding carboxylic acids is 1. The van der Waals surface area contributed by atoms with Crippen LogP contribution < -0.4 is 0 Å². The maximum Gasteiger partial charge on any atom is 0.315 e. The smallest absolute Gasteiger partial charge is 0.315 e. The lowest BCUT2D eigenvalue weighted by Gasteiger charge is -2.20. The van der Waals surface area contributed by atoms with Crippen LogP contribution in [0.15, 0.2) is 0 Å². The van der Waals surface area contributed by atoms with Crippen molar-refractivity contribution in [1.29, 1.82) is 0 Å². The van der Waals surface area contributed by atoms with Crippen LogP contribution in [0.3, 0.4) is 0 Å². The monoisotopic (exact) mass is 204 g/mol. The Kier molecular flexibility index (Phi) is 4.23. The summed E-state index contributed by atoms with van der Waals surface area (Å²) in [5.41, 5.74) is 0. The molecule has 0 aromatic rings. The van der Waals surface area contributed by atoms with E-state index in [1.54, 1.807) is 0 Å². The Balaban J connectivity index is 5.03. The Morgan fingerprint density at radius 1 is 1.07 bits per heavy atom. The van der Waals surface area contributed by atoms with Gasteiger partial charge in [0.25, 0.3) is 0 Å². The molecule has 0 radical (unpaired) electrons. The highest BCUT2D eigenvalue weighted by molar-refractivity contribution is 6.00. The van der Waals surface area contributed by atoms with E-state index in [4.69, 9.17) is 15.3 Å². The highest BCUT2D eigenvalue weighted by Gasteiger charge is 2.40. The highest BCUT2D eigenvalue weighted by Crippen LogP contribution is 2.18. The quantitative estimate of drug-likeness (QED) is 0.513. The van der Waals surface area contributed by atoms with Crippen LogP contribution in [0.5, 0.6) is 0 Å². The van der Waals surface area contributed by atoms with E-state index in [2.05, 4.69) is 0 Å². The number of carboxylic acids is 2. The van der Waals surface area contributed by atoms with Gasteiger partial charge in [-0.15, -0.1) is 0 Å². The Morgan fingerprint density at radius 3 is 1.57 bits per heavy atom. The molecule has 0 heterocycles. The van der Waals surface area contributed by atoms with E-state index in [1.165, 1.54) is 0 Å². The van der Waals surface area contributed by atoms with E-state index in [9.17, 15) is 14.4 Å².